The van der Waals surface area contributed by atoms with Gasteiger partial charge in [-0.1, -0.05) is 6.42 Å². The lowest BCUT2D eigenvalue weighted by Gasteiger charge is -2.35. The SMILES string of the molecule is Cc1cc(C)n(CC2CCCCN2Cc2nc3ncccc3[nH]2)n1. The molecule has 1 aliphatic rings. The van der Waals surface area contributed by atoms with E-state index in [0.717, 1.165) is 42.3 Å². The summed E-state index contributed by atoms with van der Waals surface area (Å²) in [4.78, 5) is 14.9. The fourth-order valence-electron chi connectivity index (χ4n) is 3.70. The first-order valence-corrected chi connectivity index (χ1v) is 8.74. The molecule has 1 fully saturated rings. The van der Waals surface area contributed by atoms with Crippen LogP contribution in [0, 0.1) is 13.8 Å². The standard InChI is InChI=1S/C18H24N6/c1-13-10-14(2)24(22-13)11-15-6-3-4-9-23(15)12-17-20-16-7-5-8-19-18(16)21-17/h5,7-8,10,15H,3-4,6,9,11-12H2,1-2H3,(H,19,20,21). The second kappa shape index (κ2) is 6.36. The summed E-state index contributed by atoms with van der Waals surface area (Å²) in [5.41, 5.74) is 4.16. The van der Waals surface area contributed by atoms with Crippen molar-refractivity contribution in [2.75, 3.05) is 6.54 Å². The summed E-state index contributed by atoms with van der Waals surface area (Å²) in [6, 6.07) is 6.63. The van der Waals surface area contributed by atoms with Crippen LogP contribution in [-0.4, -0.2) is 42.2 Å². The molecular weight excluding hydrogens is 300 g/mol. The van der Waals surface area contributed by atoms with E-state index in [1.54, 1.807) is 6.20 Å². The Kier molecular flexibility index (Phi) is 4.06. The molecule has 0 spiro atoms. The molecule has 0 aliphatic carbocycles. The van der Waals surface area contributed by atoms with Crippen molar-refractivity contribution < 1.29 is 0 Å². The van der Waals surface area contributed by atoms with Crippen LogP contribution in [-0.2, 0) is 13.1 Å². The van der Waals surface area contributed by atoms with Crippen LogP contribution in [0.3, 0.4) is 0 Å². The molecule has 0 saturated carbocycles. The minimum atomic E-state index is 0.512. The van der Waals surface area contributed by atoms with Crippen molar-refractivity contribution in [2.24, 2.45) is 0 Å². The average molecular weight is 324 g/mol. The van der Waals surface area contributed by atoms with Crippen LogP contribution in [0.15, 0.2) is 24.4 Å². The second-order valence-corrected chi connectivity index (χ2v) is 6.79. The third-order valence-corrected chi connectivity index (χ3v) is 4.90. The van der Waals surface area contributed by atoms with E-state index < -0.39 is 0 Å². The molecule has 6 nitrogen and oxygen atoms in total. The maximum atomic E-state index is 4.64. The summed E-state index contributed by atoms with van der Waals surface area (Å²) in [5.74, 6) is 1.00. The summed E-state index contributed by atoms with van der Waals surface area (Å²) >= 11 is 0. The number of aromatic nitrogens is 5. The van der Waals surface area contributed by atoms with Gasteiger partial charge in [-0.2, -0.15) is 5.10 Å². The Bertz CT molecular complexity index is 800. The van der Waals surface area contributed by atoms with E-state index in [9.17, 15) is 0 Å². The highest BCUT2D eigenvalue weighted by Crippen LogP contribution is 2.21. The Balaban J connectivity index is 1.52. The molecule has 24 heavy (non-hydrogen) atoms. The van der Waals surface area contributed by atoms with Crippen molar-refractivity contribution in [3.05, 3.63) is 41.6 Å². The Labute approximate surface area is 141 Å². The number of hydrogen-bond acceptors (Lipinski definition) is 4. The van der Waals surface area contributed by atoms with Gasteiger partial charge in [0.2, 0.25) is 0 Å². The highest BCUT2D eigenvalue weighted by Gasteiger charge is 2.24. The smallest absolute Gasteiger partial charge is 0.177 e. The number of piperidine rings is 1. The second-order valence-electron chi connectivity index (χ2n) is 6.79. The van der Waals surface area contributed by atoms with Crippen LogP contribution < -0.4 is 0 Å². The number of nitrogens with one attached hydrogen (secondary N) is 1. The van der Waals surface area contributed by atoms with Gasteiger partial charge in [0.25, 0.3) is 0 Å². The largest absolute Gasteiger partial charge is 0.340 e. The van der Waals surface area contributed by atoms with Gasteiger partial charge in [0, 0.05) is 17.9 Å². The van der Waals surface area contributed by atoms with Crippen molar-refractivity contribution in [3.8, 4) is 0 Å². The highest BCUT2D eigenvalue weighted by atomic mass is 15.3. The van der Waals surface area contributed by atoms with Crippen LogP contribution in [0.1, 0.15) is 36.5 Å². The fourth-order valence-corrected chi connectivity index (χ4v) is 3.70. The van der Waals surface area contributed by atoms with E-state index >= 15 is 0 Å². The molecule has 3 aromatic rings. The number of rotatable bonds is 4. The summed E-state index contributed by atoms with van der Waals surface area (Å²) in [6.45, 7) is 7.12. The molecule has 126 valence electrons. The Morgan fingerprint density at radius 3 is 3.00 bits per heavy atom. The van der Waals surface area contributed by atoms with Gasteiger partial charge in [-0.3, -0.25) is 9.58 Å². The first-order chi connectivity index (χ1) is 11.7. The predicted molar refractivity (Wildman–Crippen MR) is 93.6 cm³/mol. The molecule has 1 N–H and O–H groups in total. The number of aromatic amines is 1. The molecule has 3 aromatic heterocycles. The van der Waals surface area contributed by atoms with Crippen molar-refractivity contribution in [2.45, 2.75) is 52.2 Å². The molecular formula is C18H24N6. The Hall–Kier alpha value is -2.21. The van der Waals surface area contributed by atoms with Crippen LogP contribution in [0.5, 0.6) is 0 Å². The first-order valence-electron chi connectivity index (χ1n) is 8.74. The van der Waals surface area contributed by atoms with Gasteiger partial charge in [-0.25, -0.2) is 9.97 Å². The fraction of sp³-hybridized carbons (Fsp3) is 0.500. The molecule has 1 atom stereocenters. The molecule has 0 amide bonds. The number of pyridine rings is 1. The number of aryl methyl sites for hydroxylation is 2. The zero-order valence-corrected chi connectivity index (χ0v) is 14.4. The van der Waals surface area contributed by atoms with Crippen LogP contribution in [0.4, 0.5) is 0 Å². The summed E-state index contributed by atoms with van der Waals surface area (Å²) in [7, 11) is 0. The van der Waals surface area contributed by atoms with Crippen LogP contribution in [0.2, 0.25) is 0 Å². The maximum absolute atomic E-state index is 4.64. The molecule has 4 rings (SSSR count). The van der Waals surface area contributed by atoms with Gasteiger partial charge in [-0.15, -0.1) is 0 Å². The minimum Gasteiger partial charge on any atom is -0.340 e. The van der Waals surface area contributed by atoms with E-state index in [1.165, 1.54) is 25.0 Å². The molecule has 1 saturated heterocycles. The Morgan fingerprint density at radius 2 is 2.21 bits per heavy atom. The van der Waals surface area contributed by atoms with Gasteiger partial charge in [0.15, 0.2) is 5.65 Å². The van der Waals surface area contributed by atoms with E-state index in [0.29, 0.717) is 6.04 Å². The molecule has 0 aromatic carbocycles. The number of likely N-dealkylation sites (tertiary alicyclic amines) is 1. The zero-order valence-electron chi connectivity index (χ0n) is 14.4. The predicted octanol–water partition coefficient (Wildman–Crippen LogP) is 2.83. The maximum Gasteiger partial charge on any atom is 0.177 e. The molecule has 1 aliphatic heterocycles. The number of H-pyrrole nitrogens is 1. The molecule has 6 heteroatoms. The van der Waals surface area contributed by atoms with Crippen molar-refractivity contribution in [3.63, 3.8) is 0 Å². The molecule has 4 heterocycles. The monoisotopic (exact) mass is 324 g/mol. The summed E-state index contributed by atoms with van der Waals surface area (Å²) in [6.07, 6.45) is 5.56. The van der Waals surface area contributed by atoms with Crippen molar-refractivity contribution in [1.29, 1.82) is 0 Å². The topological polar surface area (TPSA) is 62.6 Å². The quantitative estimate of drug-likeness (QED) is 0.801. The minimum absolute atomic E-state index is 0.512. The summed E-state index contributed by atoms with van der Waals surface area (Å²) < 4.78 is 2.15. The third kappa shape index (κ3) is 3.06. The molecule has 0 bridgehead atoms. The normalized spacial score (nSPS) is 19.2. The average Bonchev–Trinajstić information content (AvgIpc) is 3.11. The number of hydrogen-bond donors (Lipinski definition) is 1. The number of nitrogens with zero attached hydrogens (tertiary/aromatic N) is 5. The van der Waals surface area contributed by atoms with E-state index in [-0.39, 0.29) is 0 Å². The number of imidazole rings is 1. The van der Waals surface area contributed by atoms with Gasteiger partial charge in [0.1, 0.15) is 5.82 Å². The van der Waals surface area contributed by atoms with Crippen LogP contribution in [0.25, 0.3) is 11.2 Å². The van der Waals surface area contributed by atoms with Crippen LogP contribution >= 0.6 is 0 Å². The molecule has 1 unspecified atom stereocenters. The Morgan fingerprint density at radius 1 is 1.29 bits per heavy atom. The van der Waals surface area contributed by atoms with Gasteiger partial charge < -0.3 is 4.98 Å². The first kappa shape index (κ1) is 15.3. The lowest BCUT2D eigenvalue weighted by molar-refractivity contribution is 0.118. The number of fused-ring (bicyclic) bond motifs is 1. The van der Waals surface area contributed by atoms with E-state index in [2.05, 4.69) is 49.5 Å². The van der Waals surface area contributed by atoms with Crippen molar-refractivity contribution >= 4 is 11.2 Å². The molecule has 0 radical (unpaired) electrons. The van der Waals surface area contributed by atoms with E-state index in [1.807, 2.05) is 12.1 Å². The van der Waals surface area contributed by atoms with Gasteiger partial charge in [-0.05, 0) is 51.4 Å². The summed E-state index contributed by atoms with van der Waals surface area (Å²) in [5, 5.41) is 4.64. The lowest BCUT2D eigenvalue weighted by Crippen LogP contribution is -2.42. The zero-order chi connectivity index (χ0) is 16.5. The third-order valence-electron chi connectivity index (χ3n) is 4.90. The van der Waals surface area contributed by atoms with Gasteiger partial charge in [0.05, 0.1) is 24.3 Å². The highest BCUT2D eigenvalue weighted by molar-refractivity contribution is 5.69. The van der Waals surface area contributed by atoms with Crippen molar-refractivity contribution in [1.82, 2.24) is 29.6 Å². The van der Waals surface area contributed by atoms with Gasteiger partial charge >= 0.3 is 0 Å². The lowest BCUT2D eigenvalue weighted by atomic mass is 10.0. The van der Waals surface area contributed by atoms with E-state index in [4.69, 9.17) is 0 Å².